The van der Waals surface area contributed by atoms with E-state index in [1.807, 2.05) is 31.2 Å². The number of aromatic nitrogens is 1. The summed E-state index contributed by atoms with van der Waals surface area (Å²) >= 11 is 0. The van der Waals surface area contributed by atoms with Gasteiger partial charge in [0.2, 0.25) is 5.76 Å². The molecule has 0 spiro atoms. The highest BCUT2D eigenvalue weighted by Crippen LogP contribution is 2.19. The lowest BCUT2D eigenvalue weighted by molar-refractivity contribution is -0.140. The third kappa shape index (κ3) is 3.52. The van der Waals surface area contributed by atoms with Gasteiger partial charge < -0.3 is 14.9 Å². The van der Waals surface area contributed by atoms with Crippen LogP contribution in [0.25, 0.3) is 11.3 Å². The SMILES string of the molecule is Cc1ccc(-c2cc(C(=O)N[C@H](C(=O)O)C(C)C)on2)cc1. The fourth-order valence-electron chi connectivity index (χ4n) is 1.97. The molecule has 2 aromatic rings. The van der Waals surface area contributed by atoms with E-state index in [4.69, 9.17) is 9.63 Å². The van der Waals surface area contributed by atoms with Crippen molar-refractivity contribution in [2.75, 3.05) is 0 Å². The molecule has 0 unspecified atom stereocenters. The molecule has 22 heavy (non-hydrogen) atoms. The summed E-state index contributed by atoms with van der Waals surface area (Å²) in [6, 6.07) is 8.15. The Kier molecular flexibility index (Phi) is 4.60. The van der Waals surface area contributed by atoms with Gasteiger partial charge in [-0.05, 0) is 12.8 Å². The largest absolute Gasteiger partial charge is 0.480 e. The van der Waals surface area contributed by atoms with Crippen LogP contribution in [0.4, 0.5) is 0 Å². The van der Waals surface area contributed by atoms with Crippen LogP contribution >= 0.6 is 0 Å². The van der Waals surface area contributed by atoms with E-state index >= 15 is 0 Å². The van der Waals surface area contributed by atoms with E-state index in [0.29, 0.717) is 5.69 Å². The van der Waals surface area contributed by atoms with Gasteiger partial charge in [0.25, 0.3) is 5.91 Å². The molecule has 1 amide bonds. The standard InChI is InChI=1S/C16H18N2O4/c1-9(2)14(16(20)21)17-15(19)13-8-12(18-22-13)11-6-4-10(3)5-7-11/h4-9,14H,1-3H3,(H,17,19)(H,20,21)/t14-/m0/s1. The van der Waals surface area contributed by atoms with Crippen molar-refractivity contribution < 1.29 is 19.2 Å². The third-order valence-electron chi connectivity index (χ3n) is 3.30. The molecule has 1 aromatic carbocycles. The Labute approximate surface area is 128 Å². The van der Waals surface area contributed by atoms with Gasteiger partial charge in [0.05, 0.1) is 0 Å². The second kappa shape index (κ2) is 6.43. The van der Waals surface area contributed by atoms with Crippen molar-refractivity contribution in [1.82, 2.24) is 10.5 Å². The summed E-state index contributed by atoms with van der Waals surface area (Å²) < 4.78 is 5.02. The number of carboxylic acids is 1. The topological polar surface area (TPSA) is 92.4 Å². The monoisotopic (exact) mass is 302 g/mol. The smallest absolute Gasteiger partial charge is 0.326 e. The fraction of sp³-hybridized carbons (Fsp3) is 0.312. The van der Waals surface area contributed by atoms with Crippen molar-refractivity contribution in [2.45, 2.75) is 26.8 Å². The molecule has 0 aliphatic rings. The van der Waals surface area contributed by atoms with E-state index < -0.39 is 17.9 Å². The van der Waals surface area contributed by atoms with Gasteiger partial charge in [-0.25, -0.2) is 4.79 Å². The van der Waals surface area contributed by atoms with E-state index in [1.165, 1.54) is 6.07 Å². The number of hydrogen-bond donors (Lipinski definition) is 2. The van der Waals surface area contributed by atoms with Crippen LogP contribution in [0.2, 0.25) is 0 Å². The van der Waals surface area contributed by atoms with Gasteiger partial charge in [-0.1, -0.05) is 48.8 Å². The molecular formula is C16H18N2O4. The van der Waals surface area contributed by atoms with Gasteiger partial charge in [0.15, 0.2) is 0 Å². The van der Waals surface area contributed by atoms with E-state index in [9.17, 15) is 9.59 Å². The molecule has 0 saturated heterocycles. The maximum Gasteiger partial charge on any atom is 0.326 e. The molecule has 1 aromatic heterocycles. The van der Waals surface area contributed by atoms with Crippen LogP contribution in [0.15, 0.2) is 34.9 Å². The quantitative estimate of drug-likeness (QED) is 0.885. The Bertz CT molecular complexity index is 674. The third-order valence-corrected chi connectivity index (χ3v) is 3.30. The molecule has 0 radical (unpaired) electrons. The number of carbonyl (C=O) groups is 2. The summed E-state index contributed by atoms with van der Waals surface area (Å²) in [7, 11) is 0. The van der Waals surface area contributed by atoms with Crippen LogP contribution < -0.4 is 5.32 Å². The summed E-state index contributed by atoms with van der Waals surface area (Å²) in [6.07, 6.45) is 0. The molecule has 6 heteroatoms. The lowest BCUT2D eigenvalue weighted by atomic mass is 10.0. The number of aliphatic carboxylic acids is 1. The minimum Gasteiger partial charge on any atom is -0.480 e. The van der Waals surface area contributed by atoms with E-state index in [-0.39, 0.29) is 11.7 Å². The number of rotatable bonds is 5. The van der Waals surface area contributed by atoms with Gasteiger partial charge in [-0.3, -0.25) is 4.79 Å². The number of amides is 1. The minimum atomic E-state index is -1.08. The minimum absolute atomic E-state index is 0.0116. The normalized spacial score (nSPS) is 12.2. The van der Waals surface area contributed by atoms with Crippen LogP contribution in [0.1, 0.15) is 30.0 Å². The number of nitrogens with zero attached hydrogens (tertiary/aromatic N) is 1. The average molecular weight is 302 g/mol. The lowest BCUT2D eigenvalue weighted by Gasteiger charge is -2.16. The predicted octanol–water partition coefficient (Wildman–Crippen LogP) is 2.49. The molecule has 0 fully saturated rings. The van der Waals surface area contributed by atoms with E-state index in [0.717, 1.165) is 11.1 Å². The van der Waals surface area contributed by atoms with Gasteiger partial charge in [0, 0.05) is 11.6 Å². The Morgan fingerprint density at radius 1 is 1.23 bits per heavy atom. The molecule has 0 saturated carbocycles. The zero-order valence-corrected chi connectivity index (χ0v) is 12.7. The first-order valence-corrected chi connectivity index (χ1v) is 6.96. The summed E-state index contributed by atoms with van der Waals surface area (Å²) in [5.41, 5.74) is 2.47. The maximum absolute atomic E-state index is 12.1. The van der Waals surface area contributed by atoms with Crippen molar-refractivity contribution in [1.29, 1.82) is 0 Å². The van der Waals surface area contributed by atoms with Gasteiger partial charge in [-0.2, -0.15) is 0 Å². The van der Waals surface area contributed by atoms with Crippen LogP contribution in [0, 0.1) is 12.8 Å². The number of carboxylic acid groups (broad SMARTS) is 1. The number of aryl methyl sites for hydroxylation is 1. The maximum atomic E-state index is 12.1. The Balaban J connectivity index is 2.15. The first-order valence-electron chi connectivity index (χ1n) is 6.96. The molecule has 6 nitrogen and oxygen atoms in total. The predicted molar refractivity (Wildman–Crippen MR) is 80.4 cm³/mol. The second-order valence-corrected chi connectivity index (χ2v) is 5.48. The average Bonchev–Trinajstić information content (AvgIpc) is 2.94. The Morgan fingerprint density at radius 2 is 1.86 bits per heavy atom. The van der Waals surface area contributed by atoms with Gasteiger partial charge >= 0.3 is 5.97 Å². The van der Waals surface area contributed by atoms with Crippen LogP contribution in [0.3, 0.4) is 0 Å². The molecule has 2 N–H and O–H groups in total. The molecule has 0 bridgehead atoms. The Morgan fingerprint density at radius 3 is 2.41 bits per heavy atom. The summed E-state index contributed by atoms with van der Waals surface area (Å²) in [5.74, 6) is -1.92. The van der Waals surface area contributed by atoms with Crippen LogP contribution in [-0.2, 0) is 4.79 Å². The highest BCUT2D eigenvalue weighted by atomic mass is 16.5. The number of hydrogen-bond acceptors (Lipinski definition) is 4. The molecule has 116 valence electrons. The van der Waals surface area contributed by atoms with Crippen molar-refractivity contribution in [2.24, 2.45) is 5.92 Å². The summed E-state index contributed by atoms with van der Waals surface area (Å²) in [4.78, 5) is 23.2. The number of benzene rings is 1. The summed E-state index contributed by atoms with van der Waals surface area (Å²) in [5, 5.41) is 15.4. The highest BCUT2D eigenvalue weighted by molar-refractivity contribution is 5.95. The van der Waals surface area contributed by atoms with E-state index in [2.05, 4.69) is 10.5 Å². The van der Waals surface area contributed by atoms with Crippen molar-refractivity contribution in [3.05, 3.63) is 41.7 Å². The van der Waals surface area contributed by atoms with Gasteiger partial charge in [0.1, 0.15) is 11.7 Å². The fourth-order valence-corrected chi connectivity index (χ4v) is 1.97. The van der Waals surface area contributed by atoms with Crippen LogP contribution in [-0.4, -0.2) is 28.2 Å². The first-order chi connectivity index (χ1) is 10.4. The van der Waals surface area contributed by atoms with Crippen molar-refractivity contribution in [3.8, 4) is 11.3 Å². The van der Waals surface area contributed by atoms with Crippen LogP contribution in [0.5, 0.6) is 0 Å². The van der Waals surface area contributed by atoms with Crippen molar-refractivity contribution >= 4 is 11.9 Å². The Hall–Kier alpha value is -2.63. The number of carbonyl (C=O) groups excluding carboxylic acids is 1. The molecule has 1 atom stereocenters. The molecular weight excluding hydrogens is 284 g/mol. The lowest BCUT2D eigenvalue weighted by Crippen LogP contribution is -2.44. The zero-order chi connectivity index (χ0) is 16.3. The molecule has 1 heterocycles. The van der Waals surface area contributed by atoms with Gasteiger partial charge in [-0.15, -0.1) is 0 Å². The first kappa shape index (κ1) is 15.8. The summed E-state index contributed by atoms with van der Waals surface area (Å²) in [6.45, 7) is 5.41. The van der Waals surface area contributed by atoms with Crippen molar-refractivity contribution in [3.63, 3.8) is 0 Å². The highest BCUT2D eigenvalue weighted by Gasteiger charge is 2.25. The number of nitrogens with one attached hydrogen (secondary N) is 1. The second-order valence-electron chi connectivity index (χ2n) is 5.48. The zero-order valence-electron chi connectivity index (χ0n) is 12.7. The molecule has 0 aliphatic carbocycles. The van der Waals surface area contributed by atoms with E-state index in [1.54, 1.807) is 13.8 Å². The molecule has 2 rings (SSSR count). The molecule has 0 aliphatic heterocycles.